The molecule has 2 amide bonds. The second-order valence-corrected chi connectivity index (χ2v) is 10.6. The molecule has 4 aromatic rings. The minimum Gasteiger partial charge on any atom is -0.497 e. The van der Waals surface area contributed by atoms with Crippen molar-refractivity contribution in [3.8, 4) is 11.5 Å². The van der Waals surface area contributed by atoms with Crippen LogP contribution in [-0.2, 0) is 12.8 Å². The molecule has 38 heavy (non-hydrogen) atoms. The van der Waals surface area contributed by atoms with Crippen molar-refractivity contribution in [2.75, 3.05) is 50.6 Å². The molecule has 0 aliphatic carbocycles. The van der Waals surface area contributed by atoms with Gasteiger partial charge in [0.05, 0.1) is 19.6 Å². The SMILES string of the molecule is COc1cc(NC(=O)N2CCN(c3nc(CCc4ccccc4)nc4sc(C)c(C)c34)CC2)cc(OC)c1. The number of benzene rings is 2. The minimum absolute atomic E-state index is 0.140. The fourth-order valence-corrected chi connectivity index (χ4v) is 5.76. The topological polar surface area (TPSA) is 79.8 Å². The van der Waals surface area contributed by atoms with Crippen molar-refractivity contribution in [2.24, 2.45) is 0 Å². The van der Waals surface area contributed by atoms with Crippen LogP contribution in [0.1, 0.15) is 21.8 Å². The molecule has 3 heterocycles. The first-order valence-corrected chi connectivity index (χ1v) is 13.6. The Kier molecular flexibility index (Phi) is 7.64. The third kappa shape index (κ3) is 5.52. The summed E-state index contributed by atoms with van der Waals surface area (Å²) in [6, 6.07) is 15.7. The lowest BCUT2D eigenvalue weighted by molar-refractivity contribution is 0.208. The predicted molar refractivity (Wildman–Crippen MR) is 153 cm³/mol. The second kappa shape index (κ2) is 11.3. The fourth-order valence-electron chi connectivity index (χ4n) is 4.72. The van der Waals surface area contributed by atoms with Crippen LogP contribution in [0, 0.1) is 13.8 Å². The van der Waals surface area contributed by atoms with Gasteiger partial charge in [-0.25, -0.2) is 14.8 Å². The van der Waals surface area contributed by atoms with Crippen molar-refractivity contribution in [2.45, 2.75) is 26.7 Å². The fraction of sp³-hybridized carbons (Fsp3) is 0.345. The minimum atomic E-state index is -0.140. The highest BCUT2D eigenvalue weighted by atomic mass is 32.1. The van der Waals surface area contributed by atoms with Crippen LogP contribution in [0.2, 0.25) is 0 Å². The lowest BCUT2D eigenvalue weighted by Gasteiger charge is -2.35. The number of thiophene rings is 1. The summed E-state index contributed by atoms with van der Waals surface area (Å²) in [7, 11) is 3.18. The van der Waals surface area contributed by atoms with Crippen LogP contribution in [0.3, 0.4) is 0 Å². The Balaban J connectivity index is 1.31. The number of amides is 2. The van der Waals surface area contributed by atoms with Crippen molar-refractivity contribution in [1.82, 2.24) is 14.9 Å². The number of nitrogens with one attached hydrogen (secondary N) is 1. The molecule has 0 spiro atoms. The number of aromatic nitrogens is 2. The summed E-state index contributed by atoms with van der Waals surface area (Å²) in [5.41, 5.74) is 3.16. The molecule has 2 aromatic carbocycles. The van der Waals surface area contributed by atoms with Gasteiger partial charge in [-0.15, -0.1) is 11.3 Å². The van der Waals surface area contributed by atoms with Crippen LogP contribution >= 0.6 is 11.3 Å². The average Bonchev–Trinajstić information content (AvgIpc) is 3.24. The van der Waals surface area contributed by atoms with Gasteiger partial charge < -0.3 is 24.6 Å². The Morgan fingerprint density at radius 3 is 2.29 bits per heavy atom. The van der Waals surface area contributed by atoms with Crippen molar-refractivity contribution in [1.29, 1.82) is 0 Å². The monoisotopic (exact) mass is 531 g/mol. The van der Waals surface area contributed by atoms with Gasteiger partial charge in [0.25, 0.3) is 0 Å². The Morgan fingerprint density at radius 2 is 1.63 bits per heavy atom. The van der Waals surface area contributed by atoms with Crippen LogP contribution in [0.25, 0.3) is 10.2 Å². The van der Waals surface area contributed by atoms with Crippen LogP contribution in [0.15, 0.2) is 48.5 Å². The highest BCUT2D eigenvalue weighted by Crippen LogP contribution is 2.35. The molecule has 0 saturated carbocycles. The summed E-state index contributed by atoms with van der Waals surface area (Å²) >= 11 is 1.73. The second-order valence-electron chi connectivity index (χ2n) is 9.42. The van der Waals surface area contributed by atoms with Gasteiger partial charge in [0.15, 0.2) is 0 Å². The van der Waals surface area contributed by atoms with E-state index in [4.69, 9.17) is 19.4 Å². The molecule has 1 aliphatic rings. The number of carbonyl (C=O) groups is 1. The molecular weight excluding hydrogens is 498 g/mol. The highest BCUT2D eigenvalue weighted by Gasteiger charge is 2.25. The number of methoxy groups -OCH3 is 2. The van der Waals surface area contributed by atoms with E-state index >= 15 is 0 Å². The van der Waals surface area contributed by atoms with Gasteiger partial charge in [0.2, 0.25) is 0 Å². The van der Waals surface area contributed by atoms with E-state index in [2.05, 4.69) is 48.3 Å². The number of nitrogens with zero attached hydrogens (tertiary/aromatic N) is 4. The first kappa shape index (κ1) is 25.8. The van der Waals surface area contributed by atoms with Crippen molar-refractivity contribution in [3.05, 3.63) is 70.4 Å². The molecule has 198 valence electrons. The van der Waals surface area contributed by atoms with Gasteiger partial charge in [0, 0.05) is 61.4 Å². The van der Waals surface area contributed by atoms with E-state index in [1.807, 2.05) is 11.0 Å². The number of ether oxygens (including phenoxy) is 2. The van der Waals surface area contributed by atoms with E-state index in [0.717, 1.165) is 34.7 Å². The summed E-state index contributed by atoms with van der Waals surface area (Å²) in [6.45, 7) is 6.89. The summed E-state index contributed by atoms with van der Waals surface area (Å²) in [4.78, 5) is 29.5. The number of fused-ring (bicyclic) bond motifs is 1. The van der Waals surface area contributed by atoms with Crippen molar-refractivity contribution < 1.29 is 14.3 Å². The molecule has 1 N–H and O–H groups in total. The Morgan fingerprint density at radius 1 is 0.947 bits per heavy atom. The lowest BCUT2D eigenvalue weighted by atomic mass is 10.1. The van der Waals surface area contributed by atoms with Gasteiger partial charge in [-0.05, 0) is 31.4 Å². The molecule has 0 atom stereocenters. The maximum absolute atomic E-state index is 13.0. The van der Waals surface area contributed by atoms with Crippen LogP contribution in [-0.4, -0.2) is 61.3 Å². The number of urea groups is 1. The zero-order valence-electron chi connectivity index (χ0n) is 22.3. The summed E-state index contributed by atoms with van der Waals surface area (Å²) in [6.07, 6.45) is 1.69. The summed E-state index contributed by atoms with van der Waals surface area (Å²) in [5, 5.41) is 4.12. The number of aryl methyl sites for hydroxylation is 4. The maximum atomic E-state index is 13.0. The molecule has 1 fully saturated rings. The average molecular weight is 532 g/mol. The summed E-state index contributed by atoms with van der Waals surface area (Å²) in [5.74, 6) is 3.10. The van der Waals surface area contributed by atoms with Gasteiger partial charge in [-0.3, -0.25) is 0 Å². The van der Waals surface area contributed by atoms with E-state index in [1.165, 1.54) is 16.0 Å². The van der Waals surface area contributed by atoms with Gasteiger partial charge in [-0.1, -0.05) is 30.3 Å². The molecule has 2 aromatic heterocycles. The predicted octanol–water partition coefficient (Wildman–Crippen LogP) is 5.46. The Bertz CT molecular complexity index is 1410. The van der Waals surface area contributed by atoms with Gasteiger partial charge >= 0.3 is 6.03 Å². The van der Waals surface area contributed by atoms with Crippen molar-refractivity contribution >= 4 is 39.1 Å². The number of hydrogen-bond donors (Lipinski definition) is 1. The molecule has 1 aliphatic heterocycles. The highest BCUT2D eigenvalue weighted by molar-refractivity contribution is 7.18. The van der Waals surface area contributed by atoms with E-state index in [1.54, 1.807) is 43.8 Å². The number of piperazine rings is 1. The zero-order chi connectivity index (χ0) is 26.6. The molecule has 9 heteroatoms. The molecule has 5 rings (SSSR count). The number of hydrogen-bond acceptors (Lipinski definition) is 7. The molecule has 0 unspecified atom stereocenters. The van der Waals surface area contributed by atoms with E-state index in [-0.39, 0.29) is 6.03 Å². The first-order chi connectivity index (χ1) is 18.4. The number of carbonyl (C=O) groups excluding carboxylic acids is 1. The number of rotatable bonds is 7. The molecule has 8 nitrogen and oxygen atoms in total. The zero-order valence-corrected chi connectivity index (χ0v) is 23.1. The Labute approximate surface area is 227 Å². The standard InChI is InChI=1S/C29H33N5O3S/c1-19-20(2)38-28-26(19)27(31-25(32-28)11-10-21-8-6-5-7-9-21)33-12-14-34(15-13-33)29(35)30-22-16-23(36-3)18-24(17-22)37-4/h5-9,16-18H,10-15H2,1-4H3,(H,30,35). The third-order valence-corrected chi connectivity index (χ3v) is 8.11. The number of anilines is 2. The van der Waals surface area contributed by atoms with Gasteiger partial charge in [0.1, 0.15) is 28.0 Å². The molecule has 0 bridgehead atoms. The quantitative estimate of drug-likeness (QED) is 0.341. The first-order valence-electron chi connectivity index (χ1n) is 12.8. The van der Waals surface area contributed by atoms with E-state index in [9.17, 15) is 4.79 Å². The van der Waals surface area contributed by atoms with Crippen molar-refractivity contribution in [3.63, 3.8) is 0 Å². The molecule has 1 saturated heterocycles. The van der Waals surface area contributed by atoms with Crippen LogP contribution < -0.4 is 19.7 Å². The maximum Gasteiger partial charge on any atom is 0.321 e. The third-order valence-electron chi connectivity index (χ3n) is 7.01. The van der Waals surface area contributed by atoms with Crippen LogP contribution in [0.5, 0.6) is 11.5 Å². The van der Waals surface area contributed by atoms with Gasteiger partial charge in [-0.2, -0.15) is 0 Å². The molecule has 0 radical (unpaired) electrons. The normalized spacial score (nSPS) is 13.6. The smallest absolute Gasteiger partial charge is 0.321 e. The summed E-state index contributed by atoms with van der Waals surface area (Å²) < 4.78 is 10.6. The molecular formula is C29H33N5O3S. The van der Waals surface area contributed by atoms with E-state index < -0.39 is 0 Å². The largest absolute Gasteiger partial charge is 0.497 e. The Hall–Kier alpha value is -3.85. The van der Waals surface area contributed by atoms with E-state index in [0.29, 0.717) is 43.4 Å². The lowest BCUT2D eigenvalue weighted by Crippen LogP contribution is -2.50. The van der Waals surface area contributed by atoms with Crippen LogP contribution in [0.4, 0.5) is 16.3 Å².